The average molecular weight is 332 g/mol. The molecule has 0 atom stereocenters. The zero-order valence-electron chi connectivity index (χ0n) is 12.3. The van der Waals surface area contributed by atoms with Crippen LogP contribution in [0.4, 0.5) is 4.39 Å². The van der Waals surface area contributed by atoms with Crippen molar-refractivity contribution in [2.75, 3.05) is 13.2 Å². The number of rotatable bonds is 5. The van der Waals surface area contributed by atoms with Crippen molar-refractivity contribution in [2.45, 2.75) is 40.2 Å². The standard InChI is InChI=1S/C15H23BrFNO/c1-14(2,3)18-9-15(4,5)10-19-11-6-7-13(17)12(16)8-11/h6-8,18H,9-10H2,1-5H3. The number of hydrogen-bond donors (Lipinski definition) is 1. The molecule has 4 heteroatoms. The summed E-state index contributed by atoms with van der Waals surface area (Å²) >= 11 is 3.16. The first kappa shape index (κ1) is 16.4. The van der Waals surface area contributed by atoms with E-state index in [1.165, 1.54) is 6.07 Å². The molecule has 1 N–H and O–H groups in total. The Morgan fingerprint density at radius 3 is 2.37 bits per heavy atom. The van der Waals surface area contributed by atoms with Gasteiger partial charge >= 0.3 is 0 Å². The SMILES string of the molecule is CC(C)(CNC(C)(C)C)COc1ccc(F)c(Br)c1. The summed E-state index contributed by atoms with van der Waals surface area (Å²) < 4.78 is 19.3. The molecule has 0 amide bonds. The van der Waals surface area contributed by atoms with Gasteiger partial charge in [0.15, 0.2) is 0 Å². The van der Waals surface area contributed by atoms with Gasteiger partial charge in [-0.15, -0.1) is 0 Å². The molecule has 19 heavy (non-hydrogen) atoms. The lowest BCUT2D eigenvalue weighted by molar-refractivity contribution is 0.165. The largest absolute Gasteiger partial charge is 0.493 e. The van der Waals surface area contributed by atoms with Crippen LogP contribution in [-0.2, 0) is 0 Å². The lowest BCUT2D eigenvalue weighted by Gasteiger charge is -2.30. The lowest BCUT2D eigenvalue weighted by Crippen LogP contribution is -2.43. The van der Waals surface area contributed by atoms with E-state index in [9.17, 15) is 4.39 Å². The molecule has 0 fully saturated rings. The second-order valence-electron chi connectivity index (χ2n) is 6.63. The van der Waals surface area contributed by atoms with Crippen molar-refractivity contribution in [3.05, 3.63) is 28.5 Å². The summed E-state index contributed by atoms with van der Waals surface area (Å²) in [6, 6.07) is 4.70. The molecule has 0 radical (unpaired) electrons. The van der Waals surface area contributed by atoms with E-state index < -0.39 is 0 Å². The van der Waals surface area contributed by atoms with E-state index in [0.717, 1.165) is 6.54 Å². The highest BCUT2D eigenvalue weighted by molar-refractivity contribution is 9.10. The third-order valence-electron chi connectivity index (χ3n) is 2.62. The fraction of sp³-hybridized carbons (Fsp3) is 0.600. The third-order valence-corrected chi connectivity index (χ3v) is 3.23. The fourth-order valence-corrected chi connectivity index (χ4v) is 1.76. The first-order valence-electron chi connectivity index (χ1n) is 6.42. The summed E-state index contributed by atoms with van der Waals surface area (Å²) in [5, 5.41) is 3.47. The molecule has 1 aromatic rings. The van der Waals surface area contributed by atoms with Gasteiger partial charge in [-0.25, -0.2) is 4.39 Å². The molecule has 0 saturated heterocycles. The molecular formula is C15H23BrFNO. The Labute approximate surface area is 123 Å². The number of benzene rings is 1. The van der Waals surface area contributed by atoms with Gasteiger partial charge in [-0.2, -0.15) is 0 Å². The topological polar surface area (TPSA) is 21.3 Å². The molecule has 0 aromatic heterocycles. The Morgan fingerprint density at radius 2 is 1.84 bits per heavy atom. The Hall–Kier alpha value is -0.610. The van der Waals surface area contributed by atoms with Crippen molar-refractivity contribution in [1.29, 1.82) is 0 Å². The van der Waals surface area contributed by atoms with Crippen LogP contribution < -0.4 is 10.1 Å². The summed E-state index contributed by atoms with van der Waals surface area (Å²) in [6.45, 7) is 12.1. The molecule has 108 valence electrons. The van der Waals surface area contributed by atoms with Crippen LogP contribution in [0.5, 0.6) is 5.75 Å². The second kappa shape index (κ2) is 6.23. The molecule has 1 aromatic carbocycles. The normalized spacial score (nSPS) is 12.6. The Morgan fingerprint density at radius 1 is 1.21 bits per heavy atom. The minimum atomic E-state index is -0.277. The predicted octanol–water partition coefficient (Wildman–Crippen LogP) is 4.38. The van der Waals surface area contributed by atoms with Crippen LogP contribution in [-0.4, -0.2) is 18.7 Å². The monoisotopic (exact) mass is 331 g/mol. The van der Waals surface area contributed by atoms with Crippen molar-refractivity contribution >= 4 is 15.9 Å². The van der Waals surface area contributed by atoms with Crippen LogP contribution in [0.25, 0.3) is 0 Å². The van der Waals surface area contributed by atoms with E-state index in [1.54, 1.807) is 12.1 Å². The highest BCUT2D eigenvalue weighted by Crippen LogP contribution is 2.24. The van der Waals surface area contributed by atoms with Crippen molar-refractivity contribution in [3.63, 3.8) is 0 Å². The smallest absolute Gasteiger partial charge is 0.137 e. The zero-order valence-corrected chi connectivity index (χ0v) is 13.9. The number of nitrogens with one attached hydrogen (secondary N) is 1. The summed E-state index contributed by atoms with van der Waals surface area (Å²) in [4.78, 5) is 0. The van der Waals surface area contributed by atoms with E-state index in [4.69, 9.17) is 4.74 Å². The first-order chi connectivity index (χ1) is 8.59. The quantitative estimate of drug-likeness (QED) is 0.864. The highest BCUT2D eigenvalue weighted by Gasteiger charge is 2.22. The molecule has 0 saturated carbocycles. The van der Waals surface area contributed by atoms with E-state index in [-0.39, 0.29) is 16.8 Å². The minimum Gasteiger partial charge on any atom is -0.493 e. The number of halogens is 2. The molecule has 0 aliphatic carbocycles. The van der Waals surface area contributed by atoms with Crippen LogP contribution in [0.2, 0.25) is 0 Å². The van der Waals surface area contributed by atoms with Gasteiger partial charge in [-0.05, 0) is 54.9 Å². The average Bonchev–Trinajstić information content (AvgIpc) is 2.28. The van der Waals surface area contributed by atoms with Crippen LogP contribution in [0.3, 0.4) is 0 Å². The van der Waals surface area contributed by atoms with Crippen molar-refractivity contribution in [2.24, 2.45) is 5.41 Å². The third kappa shape index (κ3) is 6.39. The lowest BCUT2D eigenvalue weighted by atomic mass is 9.93. The molecule has 1 rings (SSSR count). The van der Waals surface area contributed by atoms with Gasteiger partial charge in [0.25, 0.3) is 0 Å². The minimum absolute atomic E-state index is 0.00808. The summed E-state index contributed by atoms with van der Waals surface area (Å²) in [6.07, 6.45) is 0. The zero-order chi connectivity index (χ0) is 14.7. The molecule has 2 nitrogen and oxygen atoms in total. The fourth-order valence-electron chi connectivity index (χ4n) is 1.40. The Kier molecular flexibility index (Phi) is 5.39. The van der Waals surface area contributed by atoms with Crippen LogP contribution in [0, 0.1) is 11.2 Å². The Balaban J connectivity index is 2.52. The maximum atomic E-state index is 13.1. The molecule has 0 aliphatic heterocycles. The van der Waals surface area contributed by atoms with E-state index in [2.05, 4.69) is 55.9 Å². The van der Waals surface area contributed by atoms with Crippen molar-refractivity contribution in [1.82, 2.24) is 5.32 Å². The molecule has 0 spiro atoms. The number of hydrogen-bond acceptors (Lipinski definition) is 2. The summed E-state index contributed by atoms with van der Waals surface area (Å²) in [5.74, 6) is 0.401. The maximum absolute atomic E-state index is 13.1. The van der Waals surface area contributed by atoms with Gasteiger partial charge in [0, 0.05) is 17.5 Å². The van der Waals surface area contributed by atoms with Gasteiger partial charge in [-0.1, -0.05) is 13.8 Å². The maximum Gasteiger partial charge on any atom is 0.137 e. The predicted molar refractivity (Wildman–Crippen MR) is 81.1 cm³/mol. The Bertz CT molecular complexity index is 427. The molecular weight excluding hydrogens is 309 g/mol. The van der Waals surface area contributed by atoms with Crippen molar-refractivity contribution in [3.8, 4) is 5.75 Å². The second-order valence-corrected chi connectivity index (χ2v) is 7.49. The van der Waals surface area contributed by atoms with Gasteiger partial charge in [0.1, 0.15) is 11.6 Å². The summed E-state index contributed by atoms with van der Waals surface area (Å²) in [7, 11) is 0. The molecule has 0 aliphatic rings. The molecule has 0 heterocycles. The van der Waals surface area contributed by atoms with E-state index in [1.807, 2.05) is 0 Å². The van der Waals surface area contributed by atoms with Crippen LogP contribution in [0.15, 0.2) is 22.7 Å². The van der Waals surface area contributed by atoms with Gasteiger partial charge in [-0.3, -0.25) is 0 Å². The summed E-state index contributed by atoms with van der Waals surface area (Å²) in [5.41, 5.74) is 0.102. The van der Waals surface area contributed by atoms with E-state index in [0.29, 0.717) is 16.8 Å². The van der Waals surface area contributed by atoms with Crippen molar-refractivity contribution < 1.29 is 9.13 Å². The van der Waals surface area contributed by atoms with E-state index >= 15 is 0 Å². The van der Waals surface area contributed by atoms with Gasteiger partial charge in [0.05, 0.1) is 11.1 Å². The van der Waals surface area contributed by atoms with Crippen LogP contribution in [0.1, 0.15) is 34.6 Å². The highest BCUT2D eigenvalue weighted by atomic mass is 79.9. The van der Waals surface area contributed by atoms with Gasteiger partial charge < -0.3 is 10.1 Å². The van der Waals surface area contributed by atoms with Crippen LogP contribution >= 0.6 is 15.9 Å². The van der Waals surface area contributed by atoms with Gasteiger partial charge in [0.2, 0.25) is 0 Å². The number of ether oxygens (including phenoxy) is 1. The first-order valence-corrected chi connectivity index (χ1v) is 7.21. The molecule has 0 bridgehead atoms. The molecule has 0 unspecified atom stereocenters.